The molecule has 21 heavy (non-hydrogen) atoms. The smallest absolute Gasteiger partial charge is 0.124 e. The third kappa shape index (κ3) is 3.06. The lowest BCUT2D eigenvalue weighted by atomic mass is 10.0. The maximum Gasteiger partial charge on any atom is 0.124 e. The van der Waals surface area contributed by atoms with Crippen molar-refractivity contribution in [3.63, 3.8) is 0 Å². The van der Waals surface area contributed by atoms with E-state index in [1.165, 1.54) is 5.56 Å². The zero-order valence-electron chi connectivity index (χ0n) is 11.9. The first-order chi connectivity index (χ1) is 10.1. The van der Waals surface area contributed by atoms with Crippen molar-refractivity contribution in [1.82, 2.24) is 0 Å². The van der Waals surface area contributed by atoms with E-state index in [1.807, 2.05) is 43.3 Å². The van der Waals surface area contributed by atoms with Crippen molar-refractivity contribution in [1.29, 1.82) is 0 Å². The first kappa shape index (κ1) is 14.4. The molecule has 3 nitrogen and oxygen atoms in total. The number of hydrogen-bond donors (Lipinski definition) is 1. The maximum atomic E-state index is 6.02. The van der Waals surface area contributed by atoms with E-state index in [4.69, 9.17) is 15.2 Å². The molecule has 1 aliphatic heterocycles. The van der Waals surface area contributed by atoms with Crippen molar-refractivity contribution >= 4 is 15.9 Å². The molecule has 1 heterocycles. The van der Waals surface area contributed by atoms with Crippen LogP contribution in [0.25, 0.3) is 0 Å². The minimum atomic E-state index is -0.0652. The van der Waals surface area contributed by atoms with Gasteiger partial charge in [0.1, 0.15) is 11.5 Å². The Morgan fingerprint density at radius 1 is 1.33 bits per heavy atom. The number of ether oxygens (including phenoxy) is 2. The standard InChI is InChI=1S/C17H18BrNO2/c1-11(19)15-8-13(18)6-7-17(15)21-10-12-9-20-16-5-3-2-4-14(12)16/h2-8,11-12H,9-10,19H2,1H3/t11-,12?/m1/s1. The molecule has 2 N–H and O–H groups in total. The summed E-state index contributed by atoms with van der Waals surface area (Å²) in [4.78, 5) is 0. The summed E-state index contributed by atoms with van der Waals surface area (Å²) in [6, 6.07) is 14.0. The highest BCUT2D eigenvalue weighted by molar-refractivity contribution is 9.10. The van der Waals surface area contributed by atoms with Crippen molar-refractivity contribution in [3.05, 3.63) is 58.1 Å². The van der Waals surface area contributed by atoms with Gasteiger partial charge in [-0.1, -0.05) is 34.1 Å². The first-order valence-corrected chi connectivity index (χ1v) is 7.84. The fourth-order valence-electron chi connectivity index (χ4n) is 2.56. The first-order valence-electron chi connectivity index (χ1n) is 7.04. The number of nitrogens with two attached hydrogens (primary N) is 1. The van der Waals surface area contributed by atoms with Crippen molar-refractivity contribution in [2.45, 2.75) is 18.9 Å². The van der Waals surface area contributed by atoms with Crippen molar-refractivity contribution in [2.75, 3.05) is 13.2 Å². The van der Waals surface area contributed by atoms with Crippen LogP contribution in [0, 0.1) is 0 Å². The van der Waals surface area contributed by atoms with E-state index in [9.17, 15) is 0 Å². The Kier molecular flexibility index (Phi) is 4.17. The van der Waals surface area contributed by atoms with Crippen molar-refractivity contribution in [2.24, 2.45) is 5.73 Å². The zero-order chi connectivity index (χ0) is 14.8. The van der Waals surface area contributed by atoms with Crippen LogP contribution in [0.1, 0.15) is 30.0 Å². The molecule has 0 aliphatic carbocycles. The Morgan fingerprint density at radius 2 is 2.14 bits per heavy atom. The Labute approximate surface area is 133 Å². The molecule has 1 aliphatic rings. The number of fused-ring (bicyclic) bond motifs is 1. The van der Waals surface area contributed by atoms with Gasteiger partial charge in [-0.05, 0) is 31.2 Å². The predicted molar refractivity (Wildman–Crippen MR) is 86.9 cm³/mol. The molecule has 2 aromatic rings. The third-order valence-electron chi connectivity index (χ3n) is 3.70. The van der Waals surface area contributed by atoms with Crippen LogP contribution in [-0.4, -0.2) is 13.2 Å². The lowest BCUT2D eigenvalue weighted by Crippen LogP contribution is -2.14. The molecule has 0 fully saturated rings. The van der Waals surface area contributed by atoms with Crippen LogP contribution in [0.15, 0.2) is 46.9 Å². The summed E-state index contributed by atoms with van der Waals surface area (Å²) < 4.78 is 12.7. The van der Waals surface area contributed by atoms with Crippen LogP contribution >= 0.6 is 15.9 Å². The molecule has 0 saturated carbocycles. The molecule has 0 amide bonds. The fourth-order valence-corrected chi connectivity index (χ4v) is 2.94. The Morgan fingerprint density at radius 3 is 2.95 bits per heavy atom. The monoisotopic (exact) mass is 347 g/mol. The van der Waals surface area contributed by atoms with E-state index in [2.05, 4.69) is 22.0 Å². The molecule has 0 saturated heterocycles. The number of para-hydroxylation sites is 1. The average Bonchev–Trinajstić information content (AvgIpc) is 2.89. The zero-order valence-corrected chi connectivity index (χ0v) is 13.5. The van der Waals surface area contributed by atoms with Gasteiger partial charge >= 0.3 is 0 Å². The number of halogens is 1. The quantitative estimate of drug-likeness (QED) is 0.908. The summed E-state index contributed by atoms with van der Waals surface area (Å²) in [7, 11) is 0. The lowest BCUT2D eigenvalue weighted by Gasteiger charge is -2.16. The third-order valence-corrected chi connectivity index (χ3v) is 4.19. The Bertz CT molecular complexity index is 642. The van der Waals surface area contributed by atoms with E-state index in [1.54, 1.807) is 0 Å². The summed E-state index contributed by atoms with van der Waals surface area (Å²) in [6.45, 7) is 3.23. The van der Waals surface area contributed by atoms with Crippen LogP contribution in [0.2, 0.25) is 0 Å². The second-order valence-electron chi connectivity index (χ2n) is 5.33. The molecule has 4 heteroatoms. The highest BCUT2D eigenvalue weighted by Gasteiger charge is 2.24. The van der Waals surface area contributed by atoms with Crippen LogP contribution < -0.4 is 15.2 Å². The molecule has 0 aromatic heterocycles. The van der Waals surface area contributed by atoms with Gasteiger partial charge in [0, 0.05) is 21.6 Å². The summed E-state index contributed by atoms with van der Waals surface area (Å²) >= 11 is 3.47. The predicted octanol–water partition coefficient (Wildman–Crippen LogP) is 4.02. The van der Waals surface area contributed by atoms with E-state index in [0.717, 1.165) is 21.5 Å². The van der Waals surface area contributed by atoms with Gasteiger partial charge in [-0.15, -0.1) is 0 Å². The van der Waals surface area contributed by atoms with E-state index >= 15 is 0 Å². The average molecular weight is 348 g/mol. The SMILES string of the molecule is C[C@@H](N)c1cc(Br)ccc1OCC1COc2ccccc21. The Balaban J connectivity index is 1.75. The summed E-state index contributed by atoms with van der Waals surface area (Å²) in [5.74, 6) is 2.08. The van der Waals surface area contributed by atoms with Gasteiger partial charge in [-0.3, -0.25) is 0 Å². The molecule has 2 atom stereocenters. The van der Waals surface area contributed by atoms with E-state index in [0.29, 0.717) is 13.2 Å². The number of rotatable bonds is 4. The van der Waals surface area contributed by atoms with E-state index < -0.39 is 0 Å². The minimum absolute atomic E-state index is 0.0652. The molecule has 0 spiro atoms. The van der Waals surface area contributed by atoms with Gasteiger partial charge in [0.05, 0.1) is 19.1 Å². The summed E-state index contributed by atoms with van der Waals surface area (Å²) in [5.41, 5.74) is 8.25. The van der Waals surface area contributed by atoms with Gasteiger partial charge in [-0.2, -0.15) is 0 Å². The topological polar surface area (TPSA) is 44.5 Å². The summed E-state index contributed by atoms with van der Waals surface area (Å²) in [5, 5.41) is 0. The second kappa shape index (κ2) is 6.08. The van der Waals surface area contributed by atoms with Crippen molar-refractivity contribution in [3.8, 4) is 11.5 Å². The minimum Gasteiger partial charge on any atom is -0.493 e. The molecular formula is C17H18BrNO2. The van der Waals surface area contributed by atoms with Crippen LogP contribution in [-0.2, 0) is 0 Å². The summed E-state index contributed by atoms with van der Waals surface area (Å²) in [6.07, 6.45) is 0. The maximum absolute atomic E-state index is 6.02. The number of benzene rings is 2. The van der Waals surface area contributed by atoms with Crippen LogP contribution in [0.3, 0.4) is 0 Å². The highest BCUT2D eigenvalue weighted by Crippen LogP contribution is 2.35. The molecule has 1 unspecified atom stereocenters. The van der Waals surface area contributed by atoms with E-state index in [-0.39, 0.29) is 12.0 Å². The molecule has 3 rings (SSSR count). The van der Waals surface area contributed by atoms with Gasteiger partial charge in [0.15, 0.2) is 0 Å². The van der Waals surface area contributed by atoms with Gasteiger partial charge in [0.25, 0.3) is 0 Å². The molecule has 0 radical (unpaired) electrons. The highest BCUT2D eigenvalue weighted by atomic mass is 79.9. The van der Waals surface area contributed by atoms with Crippen LogP contribution in [0.4, 0.5) is 0 Å². The molecule has 2 aromatic carbocycles. The molecule has 110 valence electrons. The largest absolute Gasteiger partial charge is 0.493 e. The van der Waals surface area contributed by atoms with Gasteiger partial charge < -0.3 is 15.2 Å². The lowest BCUT2D eigenvalue weighted by molar-refractivity contribution is 0.246. The van der Waals surface area contributed by atoms with Gasteiger partial charge in [0.2, 0.25) is 0 Å². The Hall–Kier alpha value is -1.52. The second-order valence-corrected chi connectivity index (χ2v) is 6.24. The molecule has 0 bridgehead atoms. The fraction of sp³-hybridized carbons (Fsp3) is 0.294. The number of hydrogen-bond acceptors (Lipinski definition) is 3. The normalized spacial score (nSPS) is 18.0. The van der Waals surface area contributed by atoms with Crippen molar-refractivity contribution < 1.29 is 9.47 Å². The van der Waals surface area contributed by atoms with Gasteiger partial charge in [-0.25, -0.2) is 0 Å². The van der Waals surface area contributed by atoms with Crippen LogP contribution in [0.5, 0.6) is 11.5 Å². The molecular weight excluding hydrogens is 330 g/mol.